The number of benzene rings is 2. The summed E-state index contributed by atoms with van der Waals surface area (Å²) in [6.45, 7) is 0.942. The van der Waals surface area contributed by atoms with E-state index in [1.165, 1.54) is 7.11 Å². The molecule has 2 aromatic carbocycles. The Bertz CT molecular complexity index is 1300. The Morgan fingerprint density at radius 1 is 1.03 bits per heavy atom. The molecule has 5 rings (SSSR count). The van der Waals surface area contributed by atoms with Crippen molar-refractivity contribution >= 4 is 22.9 Å². The summed E-state index contributed by atoms with van der Waals surface area (Å²) in [7, 11) is 1.35. The summed E-state index contributed by atoms with van der Waals surface area (Å²) in [5, 5.41) is 5.22. The molecular formula is C25H22N4O3. The second kappa shape index (κ2) is 8.26. The summed E-state index contributed by atoms with van der Waals surface area (Å²) in [5.41, 5.74) is 4.34. The Kier molecular flexibility index (Phi) is 5.15. The molecule has 0 fully saturated rings. The smallest absolute Gasteiger partial charge is 0.328 e. The lowest BCUT2D eigenvalue weighted by Gasteiger charge is -2.35. The molecule has 0 N–H and O–H groups in total. The summed E-state index contributed by atoms with van der Waals surface area (Å²) in [4.78, 5) is 32.0. The number of rotatable bonds is 4. The van der Waals surface area contributed by atoms with Crippen LogP contribution in [0.25, 0.3) is 11.0 Å². The number of ether oxygens (including phenoxy) is 1. The molecule has 1 aliphatic heterocycles. The Balaban J connectivity index is 1.45. The largest absolute Gasteiger partial charge is 0.467 e. The lowest BCUT2D eigenvalue weighted by atomic mass is 9.93. The minimum atomic E-state index is -0.668. The van der Waals surface area contributed by atoms with Crippen LogP contribution in [-0.4, -0.2) is 44.7 Å². The molecule has 1 amide bonds. The Morgan fingerprint density at radius 3 is 2.56 bits per heavy atom. The van der Waals surface area contributed by atoms with Gasteiger partial charge < -0.3 is 9.64 Å². The van der Waals surface area contributed by atoms with Gasteiger partial charge in [-0.15, -0.1) is 0 Å². The van der Waals surface area contributed by atoms with Crippen LogP contribution >= 0.6 is 0 Å². The molecule has 0 saturated heterocycles. The molecule has 3 heterocycles. The van der Waals surface area contributed by atoms with Gasteiger partial charge >= 0.3 is 5.97 Å². The van der Waals surface area contributed by atoms with Gasteiger partial charge in [0.05, 0.1) is 25.4 Å². The maximum Gasteiger partial charge on any atom is 0.328 e. The fourth-order valence-corrected chi connectivity index (χ4v) is 4.21. The number of methoxy groups -OCH3 is 1. The van der Waals surface area contributed by atoms with Crippen molar-refractivity contribution in [3.8, 4) is 0 Å². The molecular weight excluding hydrogens is 404 g/mol. The Labute approximate surface area is 185 Å². The second-order valence-corrected chi connectivity index (χ2v) is 7.87. The average molecular weight is 426 g/mol. The molecule has 7 heteroatoms. The Morgan fingerprint density at radius 2 is 1.78 bits per heavy atom. The topological polar surface area (TPSA) is 77.3 Å². The van der Waals surface area contributed by atoms with Crippen LogP contribution in [0.3, 0.4) is 0 Å². The van der Waals surface area contributed by atoms with Gasteiger partial charge in [0.1, 0.15) is 6.04 Å². The monoisotopic (exact) mass is 426 g/mol. The number of aromatic nitrogens is 3. The molecule has 1 aliphatic rings. The van der Waals surface area contributed by atoms with E-state index in [-0.39, 0.29) is 5.91 Å². The number of fused-ring (bicyclic) bond motifs is 2. The van der Waals surface area contributed by atoms with E-state index in [4.69, 9.17) is 4.74 Å². The predicted molar refractivity (Wildman–Crippen MR) is 119 cm³/mol. The summed E-state index contributed by atoms with van der Waals surface area (Å²) < 4.78 is 6.80. The van der Waals surface area contributed by atoms with Crippen LogP contribution in [-0.2, 0) is 29.0 Å². The minimum Gasteiger partial charge on any atom is -0.467 e. The number of carbonyl (C=O) groups excluding carboxylic acids is 2. The molecule has 32 heavy (non-hydrogen) atoms. The number of amides is 1. The highest BCUT2D eigenvalue weighted by atomic mass is 16.5. The van der Waals surface area contributed by atoms with Gasteiger partial charge in [0.25, 0.3) is 5.91 Å². The van der Waals surface area contributed by atoms with Gasteiger partial charge in [-0.2, -0.15) is 5.10 Å². The van der Waals surface area contributed by atoms with Gasteiger partial charge in [-0.3, -0.25) is 4.79 Å². The summed E-state index contributed by atoms with van der Waals surface area (Å²) in [6, 6.07) is 19.0. The van der Waals surface area contributed by atoms with Gasteiger partial charge in [0.2, 0.25) is 0 Å². The fourth-order valence-electron chi connectivity index (χ4n) is 4.21. The van der Waals surface area contributed by atoms with Crippen molar-refractivity contribution < 1.29 is 14.3 Å². The van der Waals surface area contributed by atoms with Crippen molar-refractivity contribution in [2.75, 3.05) is 7.11 Å². The number of carbonyl (C=O) groups is 2. The first kappa shape index (κ1) is 19.9. The fraction of sp³-hybridized carbons (Fsp3) is 0.200. The van der Waals surface area contributed by atoms with Gasteiger partial charge in [-0.1, -0.05) is 54.6 Å². The lowest BCUT2D eigenvalue weighted by molar-refractivity contribution is -0.146. The van der Waals surface area contributed by atoms with Crippen LogP contribution < -0.4 is 0 Å². The zero-order valence-electron chi connectivity index (χ0n) is 17.6. The van der Waals surface area contributed by atoms with Crippen LogP contribution in [0.5, 0.6) is 0 Å². The first-order chi connectivity index (χ1) is 15.6. The van der Waals surface area contributed by atoms with Crippen LogP contribution in [0.2, 0.25) is 0 Å². The third-order valence-electron chi connectivity index (χ3n) is 5.88. The summed E-state index contributed by atoms with van der Waals surface area (Å²) >= 11 is 0. The maximum absolute atomic E-state index is 13.4. The van der Waals surface area contributed by atoms with Crippen molar-refractivity contribution in [1.82, 2.24) is 19.7 Å². The van der Waals surface area contributed by atoms with Crippen molar-refractivity contribution in [2.45, 2.75) is 25.6 Å². The first-order valence-electron chi connectivity index (χ1n) is 10.4. The highest BCUT2D eigenvalue weighted by Crippen LogP contribution is 2.26. The number of nitrogens with zero attached hydrogens (tertiary/aromatic N) is 4. The Hall–Kier alpha value is -4.00. The highest BCUT2D eigenvalue weighted by molar-refractivity contribution is 5.99. The van der Waals surface area contributed by atoms with Crippen molar-refractivity contribution in [3.05, 3.63) is 95.3 Å². The van der Waals surface area contributed by atoms with E-state index in [2.05, 4.69) is 10.1 Å². The molecule has 0 aliphatic carbocycles. The minimum absolute atomic E-state index is 0.250. The highest BCUT2D eigenvalue weighted by Gasteiger charge is 2.36. The average Bonchev–Trinajstić information content (AvgIpc) is 3.24. The molecule has 7 nitrogen and oxygen atoms in total. The third kappa shape index (κ3) is 3.62. The number of hydrogen-bond acceptors (Lipinski definition) is 5. The van der Waals surface area contributed by atoms with Gasteiger partial charge in [-0.25, -0.2) is 14.5 Å². The van der Waals surface area contributed by atoms with E-state index < -0.39 is 12.0 Å². The molecule has 160 valence electrons. The van der Waals surface area contributed by atoms with Crippen molar-refractivity contribution in [1.29, 1.82) is 0 Å². The van der Waals surface area contributed by atoms with E-state index in [1.54, 1.807) is 23.4 Å². The van der Waals surface area contributed by atoms with Crippen LogP contribution in [0, 0.1) is 0 Å². The molecule has 0 bridgehead atoms. The van der Waals surface area contributed by atoms with Gasteiger partial charge in [0.15, 0.2) is 5.65 Å². The maximum atomic E-state index is 13.4. The quantitative estimate of drug-likeness (QED) is 0.468. The zero-order chi connectivity index (χ0) is 22.1. The molecule has 4 aromatic rings. The van der Waals surface area contributed by atoms with Crippen LogP contribution in [0.15, 0.2) is 73.1 Å². The van der Waals surface area contributed by atoms with Gasteiger partial charge in [-0.05, 0) is 22.8 Å². The number of pyridine rings is 1. The van der Waals surface area contributed by atoms with Gasteiger partial charge in [0, 0.05) is 24.5 Å². The molecule has 1 unspecified atom stereocenters. The number of esters is 1. The van der Waals surface area contributed by atoms with E-state index in [0.717, 1.165) is 22.1 Å². The predicted octanol–water partition coefficient (Wildman–Crippen LogP) is 3.22. The van der Waals surface area contributed by atoms with Crippen LogP contribution in [0.4, 0.5) is 0 Å². The summed E-state index contributed by atoms with van der Waals surface area (Å²) in [5.74, 6) is -0.669. The standard InChI is InChI=1S/C25H22N4O3/c1-32-25(31)22-12-18-9-5-6-10-19(18)16-28(22)24(30)21-11-20-14-27-29(23(20)26-13-21)15-17-7-3-2-4-8-17/h2-11,13-14,22H,12,15-16H2,1H3. The van der Waals surface area contributed by atoms with Crippen molar-refractivity contribution in [3.63, 3.8) is 0 Å². The zero-order valence-corrected chi connectivity index (χ0v) is 17.6. The molecule has 0 saturated carbocycles. The molecule has 0 spiro atoms. The van der Waals surface area contributed by atoms with E-state index in [1.807, 2.05) is 59.3 Å². The third-order valence-corrected chi connectivity index (χ3v) is 5.88. The van der Waals surface area contributed by atoms with E-state index in [9.17, 15) is 9.59 Å². The first-order valence-corrected chi connectivity index (χ1v) is 10.4. The SMILES string of the molecule is COC(=O)C1Cc2ccccc2CN1C(=O)c1cnc2c(cnn2Cc2ccccc2)c1. The molecule has 2 aromatic heterocycles. The molecule has 1 atom stereocenters. The second-order valence-electron chi connectivity index (χ2n) is 7.87. The van der Waals surface area contributed by atoms with Crippen molar-refractivity contribution in [2.24, 2.45) is 0 Å². The van der Waals surface area contributed by atoms with E-state index >= 15 is 0 Å². The summed E-state index contributed by atoms with van der Waals surface area (Å²) in [6.07, 6.45) is 3.70. The number of hydrogen-bond donors (Lipinski definition) is 0. The van der Waals surface area contributed by atoms with Crippen LogP contribution in [0.1, 0.15) is 27.0 Å². The molecule has 0 radical (unpaired) electrons. The lowest BCUT2D eigenvalue weighted by Crippen LogP contribution is -2.49. The van der Waals surface area contributed by atoms with E-state index in [0.29, 0.717) is 30.7 Å². The normalized spacial score (nSPS) is 15.4.